The van der Waals surface area contributed by atoms with E-state index in [1.807, 2.05) is 0 Å². The molecule has 0 aliphatic heterocycles. The van der Waals surface area contributed by atoms with Gasteiger partial charge in [0, 0.05) is 18.9 Å². The topological polar surface area (TPSA) is 55.1 Å². The number of halogens is 1. The number of nitrogens with two attached hydrogens (primary N) is 1. The van der Waals surface area contributed by atoms with E-state index in [-0.39, 0.29) is 18.3 Å². The van der Waals surface area contributed by atoms with E-state index in [0.717, 1.165) is 38.8 Å². The van der Waals surface area contributed by atoms with Crippen LogP contribution in [-0.2, 0) is 11.2 Å². The van der Waals surface area contributed by atoms with Crippen LogP contribution in [-0.4, -0.2) is 19.0 Å². The van der Waals surface area contributed by atoms with Crippen LogP contribution in [0.2, 0.25) is 0 Å². The van der Waals surface area contributed by atoms with Crippen LogP contribution in [0.4, 0.5) is 0 Å². The molecule has 1 aliphatic carbocycles. The molecule has 1 aromatic rings. The van der Waals surface area contributed by atoms with Gasteiger partial charge in [0.05, 0.1) is 0 Å². The number of rotatable bonds is 8. The Balaban J connectivity index is 0.00000242. The molecule has 0 saturated carbocycles. The lowest BCUT2D eigenvalue weighted by Crippen LogP contribution is -2.29. The maximum atomic E-state index is 11.9. The third-order valence-corrected chi connectivity index (χ3v) is 4.40. The Hall–Kier alpha value is -1.06. The highest BCUT2D eigenvalue weighted by Gasteiger charge is 2.19. The first-order valence-corrected chi connectivity index (χ1v) is 8.36. The molecule has 0 bridgehead atoms. The monoisotopic (exact) mass is 324 g/mol. The molecule has 4 heteroatoms. The maximum Gasteiger partial charge on any atom is 0.220 e. The van der Waals surface area contributed by atoms with Gasteiger partial charge in [-0.1, -0.05) is 37.1 Å². The number of benzene rings is 1. The number of carbonyl (C=O) groups excluding carboxylic acids is 1. The van der Waals surface area contributed by atoms with Gasteiger partial charge in [0.15, 0.2) is 0 Å². The van der Waals surface area contributed by atoms with E-state index in [2.05, 4.69) is 29.6 Å². The zero-order valence-electron chi connectivity index (χ0n) is 13.4. The molecular formula is C18H29ClN2O. The minimum absolute atomic E-state index is 0. The third-order valence-electron chi connectivity index (χ3n) is 4.40. The van der Waals surface area contributed by atoms with Crippen LogP contribution in [0.1, 0.15) is 62.0 Å². The van der Waals surface area contributed by atoms with Crippen LogP contribution >= 0.6 is 12.4 Å². The molecule has 0 saturated heterocycles. The fraction of sp³-hybridized carbons (Fsp3) is 0.611. The van der Waals surface area contributed by atoms with Crippen LogP contribution in [0.5, 0.6) is 0 Å². The van der Waals surface area contributed by atoms with E-state index < -0.39 is 0 Å². The summed E-state index contributed by atoms with van der Waals surface area (Å²) >= 11 is 0. The summed E-state index contributed by atoms with van der Waals surface area (Å²) < 4.78 is 0. The molecule has 1 aromatic carbocycles. The highest BCUT2D eigenvalue weighted by molar-refractivity contribution is 5.85. The first kappa shape index (κ1) is 19.0. The third kappa shape index (κ3) is 5.98. The number of aryl methyl sites for hydroxylation is 1. The van der Waals surface area contributed by atoms with E-state index >= 15 is 0 Å². The van der Waals surface area contributed by atoms with Gasteiger partial charge in [-0.25, -0.2) is 0 Å². The molecule has 1 unspecified atom stereocenters. The molecule has 1 amide bonds. The summed E-state index contributed by atoms with van der Waals surface area (Å²) in [6, 6.07) is 8.66. The van der Waals surface area contributed by atoms with Gasteiger partial charge < -0.3 is 11.1 Å². The maximum absolute atomic E-state index is 11.9. The van der Waals surface area contributed by atoms with Crippen molar-refractivity contribution in [2.24, 2.45) is 5.73 Å². The van der Waals surface area contributed by atoms with Gasteiger partial charge in [-0.15, -0.1) is 12.4 Å². The second kappa shape index (κ2) is 10.6. The minimum Gasteiger partial charge on any atom is -0.355 e. The lowest BCUT2D eigenvalue weighted by molar-refractivity contribution is -0.121. The first-order valence-electron chi connectivity index (χ1n) is 8.36. The van der Waals surface area contributed by atoms with Crippen molar-refractivity contribution in [3.05, 3.63) is 35.4 Å². The second-order valence-corrected chi connectivity index (χ2v) is 6.04. The van der Waals surface area contributed by atoms with E-state index in [9.17, 15) is 4.79 Å². The zero-order valence-corrected chi connectivity index (χ0v) is 14.2. The molecule has 0 spiro atoms. The second-order valence-electron chi connectivity index (χ2n) is 6.04. The predicted octanol–water partition coefficient (Wildman–Crippen LogP) is 3.55. The summed E-state index contributed by atoms with van der Waals surface area (Å²) in [7, 11) is 0. The average molecular weight is 325 g/mol. The Morgan fingerprint density at radius 1 is 1.18 bits per heavy atom. The van der Waals surface area contributed by atoms with E-state index in [1.54, 1.807) is 0 Å². The SMILES string of the molecule is Cl.NCCCCCCC(=O)NCC1CCCc2ccccc21. The molecule has 3 N–H and O–H groups in total. The molecule has 124 valence electrons. The fourth-order valence-electron chi connectivity index (χ4n) is 3.18. The predicted molar refractivity (Wildman–Crippen MR) is 94.5 cm³/mol. The average Bonchev–Trinajstić information content (AvgIpc) is 2.52. The van der Waals surface area contributed by atoms with E-state index in [1.165, 1.54) is 30.4 Å². The largest absolute Gasteiger partial charge is 0.355 e. The first-order chi connectivity index (χ1) is 10.3. The molecule has 0 fully saturated rings. The van der Waals surface area contributed by atoms with Crippen molar-refractivity contribution in [2.45, 2.75) is 57.3 Å². The van der Waals surface area contributed by atoms with Gasteiger partial charge in [-0.2, -0.15) is 0 Å². The quantitative estimate of drug-likeness (QED) is 0.718. The Kier molecular flexibility index (Phi) is 9.17. The van der Waals surface area contributed by atoms with Gasteiger partial charge >= 0.3 is 0 Å². The van der Waals surface area contributed by atoms with Crippen LogP contribution in [0.3, 0.4) is 0 Å². The molecular weight excluding hydrogens is 296 g/mol. The Labute approximate surface area is 140 Å². The number of hydrogen-bond acceptors (Lipinski definition) is 2. The van der Waals surface area contributed by atoms with E-state index in [0.29, 0.717) is 12.3 Å². The minimum atomic E-state index is 0. The van der Waals surface area contributed by atoms with E-state index in [4.69, 9.17) is 5.73 Å². The Morgan fingerprint density at radius 3 is 2.77 bits per heavy atom. The van der Waals surface area contributed by atoms with Crippen molar-refractivity contribution in [1.29, 1.82) is 0 Å². The molecule has 1 aliphatic rings. The number of nitrogens with one attached hydrogen (secondary N) is 1. The molecule has 22 heavy (non-hydrogen) atoms. The Bertz CT molecular complexity index is 450. The van der Waals surface area contributed by atoms with Crippen molar-refractivity contribution in [3.63, 3.8) is 0 Å². The molecule has 0 aromatic heterocycles. The van der Waals surface area contributed by atoms with Crippen molar-refractivity contribution >= 4 is 18.3 Å². The highest BCUT2D eigenvalue weighted by atomic mass is 35.5. The van der Waals surface area contributed by atoms with Crippen molar-refractivity contribution in [3.8, 4) is 0 Å². The van der Waals surface area contributed by atoms with Crippen LogP contribution in [0, 0.1) is 0 Å². The summed E-state index contributed by atoms with van der Waals surface area (Å²) in [5, 5.41) is 3.12. The van der Waals surface area contributed by atoms with Gasteiger partial charge in [0.25, 0.3) is 0 Å². The van der Waals surface area contributed by atoms with Gasteiger partial charge in [0.1, 0.15) is 0 Å². The van der Waals surface area contributed by atoms with Crippen LogP contribution in [0.25, 0.3) is 0 Å². The lowest BCUT2D eigenvalue weighted by atomic mass is 9.83. The molecule has 0 heterocycles. The van der Waals surface area contributed by atoms with Crippen molar-refractivity contribution in [2.75, 3.05) is 13.1 Å². The summed E-state index contributed by atoms with van der Waals surface area (Å²) in [6.45, 7) is 1.55. The molecule has 1 atom stereocenters. The van der Waals surface area contributed by atoms with Gasteiger partial charge in [0.2, 0.25) is 5.91 Å². The van der Waals surface area contributed by atoms with Crippen LogP contribution in [0.15, 0.2) is 24.3 Å². The van der Waals surface area contributed by atoms with Crippen molar-refractivity contribution in [1.82, 2.24) is 5.32 Å². The number of carbonyl (C=O) groups is 1. The van der Waals surface area contributed by atoms with Gasteiger partial charge in [-0.05, 0) is 49.8 Å². The summed E-state index contributed by atoms with van der Waals surface area (Å²) in [5.41, 5.74) is 8.36. The summed E-state index contributed by atoms with van der Waals surface area (Å²) in [6.07, 6.45) is 8.55. The highest BCUT2D eigenvalue weighted by Crippen LogP contribution is 2.30. The number of fused-ring (bicyclic) bond motifs is 1. The molecule has 2 rings (SSSR count). The molecule has 3 nitrogen and oxygen atoms in total. The lowest BCUT2D eigenvalue weighted by Gasteiger charge is -2.25. The summed E-state index contributed by atoms with van der Waals surface area (Å²) in [4.78, 5) is 11.9. The fourth-order valence-corrected chi connectivity index (χ4v) is 3.18. The number of amides is 1. The Morgan fingerprint density at radius 2 is 1.95 bits per heavy atom. The zero-order chi connectivity index (χ0) is 14.9. The molecule has 0 radical (unpaired) electrons. The standard InChI is InChI=1S/C18H28N2O.ClH/c19-13-6-2-1-3-12-18(21)20-14-16-10-7-9-15-8-4-5-11-17(15)16;/h4-5,8,11,16H,1-3,6-7,9-10,12-14,19H2,(H,20,21);1H. The van der Waals surface area contributed by atoms with Crippen LogP contribution < -0.4 is 11.1 Å². The summed E-state index contributed by atoms with van der Waals surface area (Å²) in [5.74, 6) is 0.696. The normalized spacial score (nSPS) is 16.5. The number of hydrogen-bond donors (Lipinski definition) is 2. The van der Waals surface area contributed by atoms with Crippen molar-refractivity contribution < 1.29 is 4.79 Å². The van der Waals surface area contributed by atoms with Gasteiger partial charge in [-0.3, -0.25) is 4.79 Å². The number of unbranched alkanes of at least 4 members (excludes halogenated alkanes) is 3. The smallest absolute Gasteiger partial charge is 0.220 e.